The van der Waals surface area contributed by atoms with Crippen molar-refractivity contribution in [2.24, 2.45) is 5.92 Å². The molecule has 0 aromatic carbocycles. The van der Waals surface area contributed by atoms with Gasteiger partial charge in [-0.2, -0.15) is 0 Å². The monoisotopic (exact) mass is 381 g/mol. The maximum Gasteiger partial charge on any atom is 0.341 e. The molecule has 0 radical (unpaired) electrons. The van der Waals surface area contributed by atoms with Crippen molar-refractivity contribution in [1.82, 2.24) is 4.90 Å². The molecule has 0 aliphatic carbocycles. The molecule has 1 fully saturated rings. The van der Waals surface area contributed by atoms with Gasteiger partial charge in [-0.3, -0.25) is 4.90 Å². The Morgan fingerprint density at radius 3 is 2.63 bits per heavy atom. The molecule has 2 rings (SSSR count). The first-order chi connectivity index (χ1) is 12.6. The van der Waals surface area contributed by atoms with Crippen molar-refractivity contribution < 1.29 is 29.3 Å². The highest BCUT2D eigenvalue weighted by Crippen LogP contribution is 2.32. The van der Waals surface area contributed by atoms with Crippen LogP contribution in [0, 0.1) is 5.92 Å². The summed E-state index contributed by atoms with van der Waals surface area (Å²) in [5.74, 6) is -1.68. The van der Waals surface area contributed by atoms with Gasteiger partial charge in [0.25, 0.3) is 0 Å². The van der Waals surface area contributed by atoms with Crippen molar-refractivity contribution in [3.8, 4) is 0 Å². The summed E-state index contributed by atoms with van der Waals surface area (Å²) in [7, 11) is 0. The third-order valence-electron chi connectivity index (χ3n) is 5.64. The number of allylic oxidation sites excluding steroid dienone is 1. The smallest absolute Gasteiger partial charge is 0.341 e. The first-order valence-electron chi connectivity index (χ1n) is 9.47. The Kier molecular flexibility index (Phi) is 6.83. The number of fused-ring (bicyclic) bond motifs is 1. The molecule has 0 aromatic rings. The van der Waals surface area contributed by atoms with Crippen molar-refractivity contribution >= 4 is 11.9 Å². The molecule has 27 heavy (non-hydrogen) atoms. The van der Waals surface area contributed by atoms with Crippen LogP contribution in [0.3, 0.4) is 0 Å². The molecular weight excluding hydrogens is 350 g/mol. The lowest BCUT2D eigenvalue weighted by Crippen LogP contribution is -2.53. The van der Waals surface area contributed by atoms with Crippen LogP contribution in [0.15, 0.2) is 23.3 Å². The number of hydrogen-bond acceptors (Lipinski definition) is 7. The standard InChI is InChI=1S/C20H31NO6/c1-6-13(4)18(23)27-16-8-10-21-9-7-15(17(16)21)11-26-19(24)20(25,12(2)3)14(5)22/h6-7,12,14,16-17,22,25H,8-11H2,1-5H3/b13-6+. The SMILES string of the molecule is C/C=C(\C)C(=O)OC1CCN2CC=C(COC(=O)C(O)(C(C)C)C(C)O)C12. The first-order valence-corrected chi connectivity index (χ1v) is 9.47. The number of aliphatic hydroxyl groups is 2. The van der Waals surface area contributed by atoms with Gasteiger partial charge in [0.15, 0.2) is 5.60 Å². The van der Waals surface area contributed by atoms with E-state index in [1.165, 1.54) is 6.92 Å². The number of rotatable bonds is 7. The quantitative estimate of drug-likeness (QED) is 0.388. The lowest BCUT2D eigenvalue weighted by Gasteiger charge is -2.32. The van der Waals surface area contributed by atoms with Crippen LogP contribution in [0.25, 0.3) is 0 Å². The zero-order chi connectivity index (χ0) is 20.4. The number of carbonyl (C=O) groups excluding carboxylic acids is 2. The topological polar surface area (TPSA) is 96.3 Å². The van der Waals surface area contributed by atoms with E-state index in [4.69, 9.17) is 9.47 Å². The van der Waals surface area contributed by atoms with Gasteiger partial charge in [0.1, 0.15) is 12.7 Å². The van der Waals surface area contributed by atoms with E-state index in [0.29, 0.717) is 12.1 Å². The average Bonchev–Trinajstić information content (AvgIpc) is 3.20. The predicted octanol–water partition coefficient (Wildman–Crippen LogP) is 1.19. The molecule has 0 amide bonds. The second-order valence-corrected chi connectivity index (χ2v) is 7.66. The molecule has 2 N–H and O–H groups in total. The van der Waals surface area contributed by atoms with Crippen LogP contribution in [0.1, 0.15) is 41.0 Å². The van der Waals surface area contributed by atoms with E-state index in [1.807, 2.05) is 6.08 Å². The van der Waals surface area contributed by atoms with Crippen LogP contribution in [0.2, 0.25) is 0 Å². The third-order valence-corrected chi connectivity index (χ3v) is 5.64. The van der Waals surface area contributed by atoms with Crippen LogP contribution >= 0.6 is 0 Å². The van der Waals surface area contributed by atoms with Crippen molar-refractivity contribution in [2.45, 2.75) is 64.9 Å². The van der Waals surface area contributed by atoms with E-state index in [-0.39, 0.29) is 24.7 Å². The Hall–Kier alpha value is -1.70. The van der Waals surface area contributed by atoms with Crippen LogP contribution in [-0.2, 0) is 19.1 Å². The molecular formula is C20H31NO6. The fraction of sp³-hybridized carbons (Fsp3) is 0.700. The van der Waals surface area contributed by atoms with E-state index < -0.39 is 23.6 Å². The highest BCUT2D eigenvalue weighted by Gasteiger charge is 2.47. The Bertz CT molecular complexity index is 628. The van der Waals surface area contributed by atoms with Gasteiger partial charge >= 0.3 is 11.9 Å². The number of ether oxygens (including phenoxy) is 2. The van der Waals surface area contributed by atoms with Gasteiger partial charge in [-0.15, -0.1) is 0 Å². The summed E-state index contributed by atoms with van der Waals surface area (Å²) >= 11 is 0. The largest absolute Gasteiger partial charge is 0.459 e. The van der Waals surface area contributed by atoms with Gasteiger partial charge in [-0.05, 0) is 38.7 Å². The van der Waals surface area contributed by atoms with E-state index in [9.17, 15) is 19.8 Å². The second-order valence-electron chi connectivity index (χ2n) is 7.66. The molecule has 0 spiro atoms. The Morgan fingerprint density at radius 2 is 2.07 bits per heavy atom. The molecule has 2 aliphatic rings. The summed E-state index contributed by atoms with van der Waals surface area (Å²) in [5.41, 5.74) is -0.542. The molecule has 0 aromatic heterocycles. The molecule has 7 nitrogen and oxygen atoms in total. The van der Waals surface area contributed by atoms with Crippen molar-refractivity contribution in [3.05, 3.63) is 23.3 Å². The van der Waals surface area contributed by atoms with Gasteiger partial charge in [0, 0.05) is 18.7 Å². The zero-order valence-corrected chi connectivity index (χ0v) is 16.8. The molecule has 0 saturated carbocycles. The van der Waals surface area contributed by atoms with Crippen molar-refractivity contribution in [2.75, 3.05) is 19.7 Å². The summed E-state index contributed by atoms with van der Waals surface area (Å²) in [6.07, 6.45) is 2.87. The van der Waals surface area contributed by atoms with Gasteiger partial charge in [0.05, 0.1) is 12.1 Å². The van der Waals surface area contributed by atoms with Crippen LogP contribution in [0.4, 0.5) is 0 Å². The highest BCUT2D eigenvalue weighted by atomic mass is 16.6. The number of aliphatic hydroxyl groups excluding tert-OH is 1. The minimum atomic E-state index is -1.95. The first kappa shape index (κ1) is 21.6. The summed E-state index contributed by atoms with van der Waals surface area (Å²) in [5, 5.41) is 20.4. The lowest BCUT2D eigenvalue weighted by molar-refractivity contribution is -0.183. The molecule has 1 saturated heterocycles. The molecule has 4 unspecified atom stereocenters. The summed E-state index contributed by atoms with van der Waals surface area (Å²) in [6, 6.07) is -0.120. The maximum absolute atomic E-state index is 12.4. The fourth-order valence-corrected chi connectivity index (χ4v) is 3.63. The van der Waals surface area contributed by atoms with Crippen molar-refractivity contribution in [1.29, 1.82) is 0 Å². The third kappa shape index (κ3) is 4.25. The van der Waals surface area contributed by atoms with Crippen LogP contribution in [-0.4, -0.2) is 70.6 Å². The summed E-state index contributed by atoms with van der Waals surface area (Å²) < 4.78 is 11.0. The van der Waals surface area contributed by atoms with E-state index in [1.54, 1.807) is 33.8 Å². The molecule has 7 heteroatoms. The Morgan fingerprint density at radius 1 is 1.41 bits per heavy atom. The minimum Gasteiger partial charge on any atom is -0.459 e. The number of carbonyl (C=O) groups is 2. The molecule has 2 heterocycles. The highest BCUT2D eigenvalue weighted by molar-refractivity contribution is 5.87. The number of hydrogen-bond donors (Lipinski definition) is 2. The predicted molar refractivity (Wildman–Crippen MR) is 99.8 cm³/mol. The second kappa shape index (κ2) is 8.54. The zero-order valence-electron chi connectivity index (χ0n) is 16.8. The van der Waals surface area contributed by atoms with Gasteiger partial charge in [-0.25, -0.2) is 9.59 Å². The van der Waals surface area contributed by atoms with Crippen molar-refractivity contribution in [3.63, 3.8) is 0 Å². The fourth-order valence-electron chi connectivity index (χ4n) is 3.63. The summed E-state index contributed by atoms with van der Waals surface area (Å²) in [4.78, 5) is 26.7. The van der Waals surface area contributed by atoms with Crippen LogP contribution in [0.5, 0.6) is 0 Å². The van der Waals surface area contributed by atoms with Gasteiger partial charge < -0.3 is 19.7 Å². The number of esters is 2. The Balaban J connectivity index is 2.03. The molecule has 152 valence electrons. The van der Waals surface area contributed by atoms with Gasteiger partial charge in [-0.1, -0.05) is 26.0 Å². The van der Waals surface area contributed by atoms with E-state index in [2.05, 4.69) is 4.90 Å². The van der Waals surface area contributed by atoms with E-state index >= 15 is 0 Å². The van der Waals surface area contributed by atoms with Gasteiger partial charge in [0.2, 0.25) is 0 Å². The average molecular weight is 381 g/mol. The minimum absolute atomic E-state index is 0.00159. The normalized spacial score (nSPS) is 26.4. The number of nitrogens with zero attached hydrogens (tertiary/aromatic N) is 1. The van der Waals surface area contributed by atoms with E-state index in [0.717, 1.165) is 18.5 Å². The summed E-state index contributed by atoms with van der Waals surface area (Å²) in [6.45, 7) is 9.68. The lowest BCUT2D eigenvalue weighted by atomic mass is 9.85. The molecule has 4 atom stereocenters. The molecule has 0 bridgehead atoms. The Labute approximate surface area is 160 Å². The van der Waals surface area contributed by atoms with Crippen LogP contribution < -0.4 is 0 Å². The maximum atomic E-state index is 12.4. The molecule has 2 aliphatic heterocycles.